The van der Waals surface area contributed by atoms with Gasteiger partial charge in [-0.1, -0.05) is 0 Å². The molecule has 3 aromatic rings. The van der Waals surface area contributed by atoms with Gasteiger partial charge in [0.05, 0.1) is 11.5 Å². The predicted molar refractivity (Wildman–Crippen MR) is 115 cm³/mol. The van der Waals surface area contributed by atoms with Crippen molar-refractivity contribution in [1.82, 2.24) is 0 Å². The zero-order valence-electron chi connectivity index (χ0n) is 16.8. The monoisotopic (exact) mass is 454 g/mol. The van der Waals surface area contributed by atoms with Crippen LogP contribution in [-0.4, -0.2) is 47.8 Å². The van der Waals surface area contributed by atoms with Crippen molar-refractivity contribution in [2.24, 2.45) is 0 Å². The molecule has 0 aliphatic carbocycles. The summed E-state index contributed by atoms with van der Waals surface area (Å²) >= 11 is 0. The Morgan fingerprint density at radius 3 is 2.39 bits per heavy atom. The molecule has 1 aliphatic rings. The fraction of sp³-hybridized carbons (Fsp3) is 0.130. The minimum absolute atomic E-state index is 0.0246. The smallest absolute Gasteiger partial charge is 0.328 e. The first-order valence-corrected chi connectivity index (χ1v) is 9.63. The Hall–Kier alpha value is -4.44. The van der Waals surface area contributed by atoms with E-state index in [1.807, 2.05) is 0 Å². The number of aliphatic hydroxyl groups excluding tert-OH is 1. The van der Waals surface area contributed by atoms with Crippen LogP contribution >= 0.6 is 0 Å². The lowest BCUT2D eigenvalue weighted by Crippen LogP contribution is -2.30. The highest BCUT2D eigenvalue weighted by atomic mass is 16.5. The number of carboxylic acids is 1. The fourth-order valence-corrected chi connectivity index (χ4v) is 3.85. The average Bonchev–Trinajstić information content (AvgIpc) is 2.86. The van der Waals surface area contributed by atoms with Crippen molar-refractivity contribution in [3.63, 3.8) is 0 Å². The summed E-state index contributed by atoms with van der Waals surface area (Å²) in [6, 6.07) is 5.69. The Balaban J connectivity index is 1.98. The number of rotatable bonds is 3. The molecule has 4 rings (SSSR count). The molecule has 10 nitrogen and oxygen atoms in total. The Morgan fingerprint density at radius 1 is 0.970 bits per heavy atom. The van der Waals surface area contributed by atoms with Crippen LogP contribution in [0.25, 0.3) is 16.8 Å². The zero-order valence-corrected chi connectivity index (χ0v) is 16.8. The van der Waals surface area contributed by atoms with E-state index in [-0.39, 0.29) is 45.7 Å². The number of phenolic OH excluding ortho intramolecular Hbond substituents is 4. The molecule has 0 saturated heterocycles. The van der Waals surface area contributed by atoms with E-state index in [1.165, 1.54) is 12.1 Å². The molecule has 10 heteroatoms. The number of carbonyl (C=O) groups is 1. The summed E-state index contributed by atoms with van der Waals surface area (Å²) in [6.45, 7) is 0. The van der Waals surface area contributed by atoms with Crippen molar-refractivity contribution in [1.29, 1.82) is 0 Å². The molecular weight excluding hydrogens is 436 g/mol. The number of aliphatic hydroxyl groups is 1. The molecule has 1 unspecified atom stereocenters. The number of ether oxygens (including phenoxy) is 1. The van der Waals surface area contributed by atoms with Gasteiger partial charge >= 0.3 is 5.97 Å². The van der Waals surface area contributed by atoms with Gasteiger partial charge in [-0.3, -0.25) is 4.79 Å². The Morgan fingerprint density at radius 2 is 1.70 bits per heavy atom. The van der Waals surface area contributed by atoms with Gasteiger partial charge in [0.1, 0.15) is 23.4 Å². The van der Waals surface area contributed by atoms with Crippen molar-refractivity contribution in [2.45, 2.75) is 18.6 Å². The molecule has 0 bridgehead atoms. The van der Waals surface area contributed by atoms with Crippen LogP contribution in [0.4, 0.5) is 0 Å². The van der Waals surface area contributed by atoms with Crippen molar-refractivity contribution >= 4 is 22.8 Å². The summed E-state index contributed by atoms with van der Waals surface area (Å²) in [5, 5.41) is 69.6. The molecule has 0 fully saturated rings. The van der Waals surface area contributed by atoms with Crippen LogP contribution in [0, 0.1) is 0 Å². The summed E-state index contributed by atoms with van der Waals surface area (Å²) < 4.78 is 5.76. The molecule has 33 heavy (non-hydrogen) atoms. The van der Waals surface area contributed by atoms with E-state index in [9.17, 15) is 40.2 Å². The van der Waals surface area contributed by atoms with E-state index in [0.717, 1.165) is 30.4 Å². The number of aromatic hydroxyl groups is 5. The van der Waals surface area contributed by atoms with Crippen LogP contribution in [0.3, 0.4) is 0 Å². The number of hydrogen-bond donors (Lipinski definition) is 7. The zero-order chi connectivity index (χ0) is 24.0. The van der Waals surface area contributed by atoms with E-state index in [4.69, 9.17) is 9.84 Å². The van der Waals surface area contributed by atoms with Gasteiger partial charge in [-0.15, -0.1) is 0 Å². The molecule has 2 atom stereocenters. The number of phenols is 4. The number of fused-ring (bicyclic) bond motifs is 2. The summed E-state index contributed by atoms with van der Waals surface area (Å²) in [7, 11) is 0. The normalized spacial score (nSPS) is 17.6. The van der Waals surface area contributed by atoms with Crippen LogP contribution in [-0.2, 0) is 11.2 Å². The molecule has 7 N–H and O–H groups in total. The highest BCUT2D eigenvalue weighted by Gasteiger charge is 2.33. The maximum atomic E-state index is 12.8. The van der Waals surface area contributed by atoms with Gasteiger partial charge in [-0.2, -0.15) is 0 Å². The third kappa shape index (κ3) is 3.83. The van der Waals surface area contributed by atoms with Gasteiger partial charge in [0.15, 0.2) is 17.2 Å². The fourth-order valence-electron chi connectivity index (χ4n) is 3.85. The molecule has 3 aromatic carbocycles. The second-order valence-corrected chi connectivity index (χ2v) is 7.55. The SMILES string of the molecule is O=C(O)/C=C/c1cc(O)c(O)c2c(=O)c(O)cc(C3Oc4cc(O)cc(O)c4C[C@H]3O)cc12. The van der Waals surface area contributed by atoms with E-state index in [2.05, 4.69) is 0 Å². The van der Waals surface area contributed by atoms with Crippen molar-refractivity contribution in [3.8, 4) is 34.5 Å². The molecular formula is C23H18O10. The minimum Gasteiger partial charge on any atom is -0.508 e. The van der Waals surface area contributed by atoms with Crippen molar-refractivity contribution < 1.29 is 45.3 Å². The maximum Gasteiger partial charge on any atom is 0.328 e. The lowest BCUT2D eigenvalue weighted by atomic mass is 9.94. The summed E-state index contributed by atoms with van der Waals surface area (Å²) in [4.78, 5) is 23.7. The van der Waals surface area contributed by atoms with Crippen LogP contribution in [0.15, 0.2) is 41.2 Å². The van der Waals surface area contributed by atoms with Crippen LogP contribution in [0.5, 0.6) is 34.5 Å². The Labute approximate surface area is 185 Å². The summed E-state index contributed by atoms with van der Waals surface area (Å²) in [6.07, 6.45) is -0.648. The average molecular weight is 454 g/mol. The van der Waals surface area contributed by atoms with Gasteiger partial charge in [0.2, 0.25) is 5.43 Å². The van der Waals surface area contributed by atoms with E-state index >= 15 is 0 Å². The van der Waals surface area contributed by atoms with Gasteiger partial charge in [0, 0.05) is 30.2 Å². The van der Waals surface area contributed by atoms with Crippen molar-refractivity contribution in [3.05, 3.63) is 63.3 Å². The maximum absolute atomic E-state index is 12.8. The highest BCUT2D eigenvalue weighted by Crippen LogP contribution is 2.43. The standard InChI is InChI=1S/C23H18O10/c24-11-6-14(25)13-8-17(28)23(33-18(13)7-11)10-3-12-9(1-2-19(29)30)4-15(26)21(31)20(12)22(32)16(27)5-10/h1-7,17,23-26,28,31H,8H2,(H,27,32)(H,29,30)/b2-1+/t17-,23?/m1/s1. The predicted octanol–water partition coefficient (Wildman–Crippen LogP) is 1.86. The molecule has 0 radical (unpaired) electrons. The third-order valence-corrected chi connectivity index (χ3v) is 5.35. The number of benzene rings is 2. The quantitative estimate of drug-likeness (QED) is 0.228. The van der Waals surface area contributed by atoms with Gasteiger partial charge < -0.3 is 40.5 Å². The van der Waals surface area contributed by atoms with E-state index < -0.39 is 46.2 Å². The van der Waals surface area contributed by atoms with Gasteiger partial charge in [-0.05, 0) is 40.8 Å². The molecule has 1 heterocycles. The van der Waals surface area contributed by atoms with E-state index in [1.54, 1.807) is 0 Å². The van der Waals surface area contributed by atoms with Gasteiger partial charge in [-0.25, -0.2) is 4.79 Å². The first kappa shape index (κ1) is 21.8. The molecule has 1 aliphatic heterocycles. The second kappa shape index (κ2) is 7.92. The number of carboxylic acid groups (broad SMARTS) is 1. The Bertz CT molecular complexity index is 1390. The number of aliphatic carboxylic acids is 1. The topological polar surface area (TPSA) is 185 Å². The second-order valence-electron chi connectivity index (χ2n) is 7.55. The molecule has 0 saturated carbocycles. The summed E-state index contributed by atoms with van der Waals surface area (Å²) in [5.41, 5.74) is -0.674. The summed E-state index contributed by atoms with van der Waals surface area (Å²) in [5.74, 6) is -4.13. The van der Waals surface area contributed by atoms with Crippen LogP contribution < -0.4 is 10.2 Å². The minimum atomic E-state index is -1.30. The first-order chi connectivity index (χ1) is 15.6. The lowest BCUT2D eigenvalue weighted by Gasteiger charge is -2.31. The molecule has 170 valence electrons. The van der Waals surface area contributed by atoms with Crippen molar-refractivity contribution in [2.75, 3.05) is 0 Å². The molecule has 0 amide bonds. The first-order valence-electron chi connectivity index (χ1n) is 9.63. The third-order valence-electron chi connectivity index (χ3n) is 5.35. The lowest BCUT2D eigenvalue weighted by molar-refractivity contribution is -0.131. The highest BCUT2D eigenvalue weighted by molar-refractivity contribution is 5.99. The molecule has 0 aromatic heterocycles. The number of hydrogen-bond acceptors (Lipinski definition) is 9. The van der Waals surface area contributed by atoms with Crippen LogP contribution in [0.2, 0.25) is 0 Å². The van der Waals surface area contributed by atoms with Gasteiger partial charge in [0.25, 0.3) is 0 Å². The Kier molecular flexibility index (Phi) is 5.22. The van der Waals surface area contributed by atoms with E-state index in [0.29, 0.717) is 0 Å². The van der Waals surface area contributed by atoms with Crippen LogP contribution in [0.1, 0.15) is 22.8 Å². The molecule has 0 spiro atoms. The largest absolute Gasteiger partial charge is 0.508 e.